The molecule has 0 unspecified atom stereocenters. The summed E-state index contributed by atoms with van der Waals surface area (Å²) < 4.78 is 2.60. The van der Waals surface area contributed by atoms with Gasteiger partial charge in [0.2, 0.25) is 0 Å². The topological polar surface area (TPSA) is 3.24 Å². The molecular formula is C60H41NS. The number of rotatable bonds is 7. The molecule has 12 rings (SSSR count). The van der Waals surface area contributed by atoms with Crippen molar-refractivity contribution in [3.63, 3.8) is 0 Å². The lowest BCUT2D eigenvalue weighted by molar-refractivity contribution is 0.768. The third-order valence-corrected chi connectivity index (χ3v) is 14.2. The van der Waals surface area contributed by atoms with Crippen LogP contribution in [0.4, 0.5) is 17.1 Å². The van der Waals surface area contributed by atoms with Gasteiger partial charge in [0, 0.05) is 37.2 Å². The first-order valence-corrected chi connectivity index (χ1v) is 22.2. The number of thiophene rings is 1. The second-order valence-electron chi connectivity index (χ2n) is 16.5. The monoisotopic (exact) mass is 807 g/mol. The fourth-order valence-corrected chi connectivity index (χ4v) is 11.4. The molecule has 1 nitrogen and oxygen atoms in total. The molecule has 0 bridgehead atoms. The Morgan fingerprint density at radius 1 is 0.371 bits per heavy atom. The summed E-state index contributed by atoms with van der Waals surface area (Å²) >= 11 is 1.86. The lowest BCUT2D eigenvalue weighted by Crippen LogP contribution is -2.28. The van der Waals surface area contributed by atoms with Gasteiger partial charge in [0.25, 0.3) is 0 Å². The van der Waals surface area contributed by atoms with Gasteiger partial charge in [-0.1, -0.05) is 170 Å². The van der Waals surface area contributed by atoms with Gasteiger partial charge in [0.1, 0.15) is 0 Å². The van der Waals surface area contributed by atoms with Gasteiger partial charge in [-0.3, -0.25) is 0 Å². The molecule has 0 amide bonds. The number of nitrogens with zero attached hydrogens (tertiary/aromatic N) is 1. The number of hydrogen-bond donors (Lipinski definition) is 0. The predicted octanol–water partition coefficient (Wildman–Crippen LogP) is 16.7. The van der Waals surface area contributed by atoms with E-state index in [1.165, 1.54) is 92.1 Å². The highest BCUT2D eigenvalue weighted by Gasteiger charge is 2.46. The standard InChI is InChI=1S/C60H41NS/c1-40-16-15-26-55-59(40)51-34-32-49(39-56(51)60(55,45-21-7-3-8-22-45)46-23-9-4-10-24-46)61(48-33-35-58-54(38-48)50-25-13-14-27-57(50)62-58)47-30-28-42(29-31-47)53-37-44-20-12-11-19-43(44)36-52(53)41-17-5-2-6-18-41/h2-39H,1H3. The van der Waals surface area contributed by atoms with E-state index in [2.05, 4.69) is 242 Å². The number of anilines is 3. The normalized spacial score (nSPS) is 12.7. The third kappa shape index (κ3) is 5.68. The zero-order valence-corrected chi connectivity index (χ0v) is 35.1. The lowest BCUT2D eigenvalue weighted by Gasteiger charge is -2.35. The summed E-state index contributed by atoms with van der Waals surface area (Å²) in [6.07, 6.45) is 0. The Kier molecular flexibility index (Phi) is 8.55. The van der Waals surface area contributed by atoms with E-state index in [0.29, 0.717) is 0 Å². The van der Waals surface area contributed by atoms with Crippen molar-refractivity contribution < 1.29 is 0 Å². The molecule has 0 spiro atoms. The van der Waals surface area contributed by atoms with Crippen LogP contribution in [0.1, 0.15) is 27.8 Å². The molecule has 0 atom stereocenters. The minimum Gasteiger partial charge on any atom is -0.310 e. The van der Waals surface area contributed by atoms with Crippen LogP contribution in [-0.2, 0) is 5.41 Å². The minimum atomic E-state index is -0.512. The Balaban J connectivity index is 1.09. The zero-order chi connectivity index (χ0) is 41.2. The van der Waals surface area contributed by atoms with E-state index in [4.69, 9.17) is 0 Å². The van der Waals surface area contributed by atoms with E-state index < -0.39 is 5.41 Å². The molecule has 292 valence electrons. The van der Waals surface area contributed by atoms with E-state index in [1.54, 1.807) is 0 Å². The summed E-state index contributed by atoms with van der Waals surface area (Å²) in [5, 5.41) is 5.05. The third-order valence-electron chi connectivity index (χ3n) is 13.1. The van der Waals surface area contributed by atoms with Gasteiger partial charge in [-0.25, -0.2) is 0 Å². The summed E-state index contributed by atoms with van der Waals surface area (Å²) in [5.41, 5.74) is 16.7. The largest absolute Gasteiger partial charge is 0.310 e. The van der Waals surface area contributed by atoms with E-state index in [1.807, 2.05) is 11.3 Å². The van der Waals surface area contributed by atoms with Crippen molar-refractivity contribution in [2.75, 3.05) is 4.90 Å². The van der Waals surface area contributed by atoms with Crippen LogP contribution < -0.4 is 4.90 Å². The molecular weight excluding hydrogens is 767 g/mol. The molecule has 0 saturated carbocycles. The molecule has 0 N–H and O–H groups in total. The molecule has 1 aliphatic carbocycles. The van der Waals surface area contributed by atoms with Crippen molar-refractivity contribution in [2.45, 2.75) is 12.3 Å². The second-order valence-corrected chi connectivity index (χ2v) is 17.6. The summed E-state index contributed by atoms with van der Waals surface area (Å²) in [6, 6.07) is 85.4. The number of aryl methyl sites for hydroxylation is 1. The molecule has 0 fully saturated rings. The Morgan fingerprint density at radius 3 is 1.61 bits per heavy atom. The minimum absolute atomic E-state index is 0.512. The highest BCUT2D eigenvalue weighted by Crippen LogP contribution is 2.58. The molecule has 0 radical (unpaired) electrons. The van der Waals surface area contributed by atoms with Crippen molar-refractivity contribution in [1.29, 1.82) is 0 Å². The summed E-state index contributed by atoms with van der Waals surface area (Å²) in [6.45, 7) is 2.26. The molecule has 0 aliphatic heterocycles. The zero-order valence-electron chi connectivity index (χ0n) is 34.3. The Hall–Kier alpha value is -7.52. The first-order chi connectivity index (χ1) is 30.6. The van der Waals surface area contributed by atoms with E-state index in [-0.39, 0.29) is 0 Å². The summed E-state index contributed by atoms with van der Waals surface area (Å²) in [7, 11) is 0. The van der Waals surface area contributed by atoms with Gasteiger partial charge in [-0.05, 0) is 140 Å². The van der Waals surface area contributed by atoms with Crippen molar-refractivity contribution >= 4 is 59.3 Å². The van der Waals surface area contributed by atoms with Crippen LogP contribution in [0.5, 0.6) is 0 Å². The van der Waals surface area contributed by atoms with Crippen molar-refractivity contribution in [2.24, 2.45) is 0 Å². The van der Waals surface area contributed by atoms with Crippen LogP contribution in [0.15, 0.2) is 231 Å². The molecule has 11 aromatic rings. The van der Waals surface area contributed by atoms with E-state index in [0.717, 1.165) is 17.1 Å². The van der Waals surface area contributed by atoms with Gasteiger partial charge in [0.05, 0.1) is 5.41 Å². The number of hydrogen-bond acceptors (Lipinski definition) is 2. The molecule has 1 aromatic heterocycles. The fourth-order valence-electron chi connectivity index (χ4n) is 10.3. The SMILES string of the molecule is Cc1cccc2c1-c1ccc(N(c3ccc(-c4cc5ccccc5cc4-c4ccccc4)cc3)c3ccc4sc5ccccc5c4c3)cc1C2(c1ccccc1)c1ccccc1. The van der Waals surface area contributed by atoms with Gasteiger partial charge < -0.3 is 4.90 Å². The molecule has 1 aliphatic rings. The highest BCUT2D eigenvalue weighted by molar-refractivity contribution is 7.25. The molecule has 0 saturated heterocycles. The Bertz CT molecular complexity index is 3420. The molecule has 62 heavy (non-hydrogen) atoms. The summed E-state index contributed by atoms with van der Waals surface area (Å²) in [5.74, 6) is 0. The van der Waals surface area contributed by atoms with Crippen LogP contribution in [0, 0.1) is 6.92 Å². The average Bonchev–Trinajstić information content (AvgIpc) is 3.86. The first-order valence-electron chi connectivity index (χ1n) is 21.4. The maximum absolute atomic E-state index is 2.48. The number of benzene rings is 10. The second kappa shape index (κ2) is 14.6. The van der Waals surface area contributed by atoms with Crippen molar-refractivity contribution in [3.8, 4) is 33.4 Å². The Labute approximate surface area is 366 Å². The maximum atomic E-state index is 2.48. The van der Waals surface area contributed by atoms with Crippen LogP contribution in [0.3, 0.4) is 0 Å². The van der Waals surface area contributed by atoms with Gasteiger partial charge in [-0.2, -0.15) is 0 Å². The van der Waals surface area contributed by atoms with Crippen molar-refractivity contribution in [3.05, 3.63) is 258 Å². The van der Waals surface area contributed by atoms with Crippen LogP contribution in [0.25, 0.3) is 64.3 Å². The van der Waals surface area contributed by atoms with Gasteiger partial charge in [0.15, 0.2) is 0 Å². The van der Waals surface area contributed by atoms with E-state index in [9.17, 15) is 0 Å². The van der Waals surface area contributed by atoms with Crippen LogP contribution in [-0.4, -0.2) is 0 Å². The fraction of sp³-hybridized carbons (Fsp3) is 0.0333. The maximum Gasteiger partial charge on any atom is 0.0714 e. The summed E-state index contributed by atoms with van der Waals surface area (Å²) in [4.78, 5) is 2.46. The molecule has 2 heteroatoms. The Morgan fingerprint density at radius 2 is 0.919 bits per heavy atom. The molecule has 10 aromatic carbocycles. The smallest absolute Gasteiger partial charge is 0.0714 e. The van der Waals surface area contributed by atoms with Gasteiger partial charge in [-0.15, -0.1) is 11.3 Å². The van der Waals surface area contributed by atoms with Gasteiger partial charge >= 0.3 is 0 Å². The van der Waals surface area contributed by atoms with Crippen LogP contribution >= 0.6 is 11.3 Å². The molecule has 1 heterocycles. The lowest BCUT2D eigenvalue weighted by atomic mass is 9.67. The first kappa shape index (κ1) is 36.3. The van der Waals surface area contributed by atoms with Crippen molar-refractivity contribution in [1.82, 2.24) is 0 Å². The average molecular weight is 808 g/mol. The van der Waals surface area contributed by atoms with Crippen LogP contribution in [0.2, 0.25) is 0 Å². The number of fused-ring (bicyclic) bond motifs is 7. The quantitative estimate of drug-likeness (QED) is 0.155. The van der Waals surface area contributed by atoms with E-state index >= 15 is 0 Å². The highest BCUT2D eigenvalue weighted by atomic mass is 32.1. The predicted molar refractivity (Wildman–Crippen MR) is 264 cm³/mol.